The Bertz CT molecular complexity index is 167. The van der Waals surface area contributed by atoms with Crippen molar-refractivity contribution in [2.75, 3.05) is 0 Å². The van der Waals surface area contributed by atoms with Crippen LogP contribution in [0, 0.1) is 0 Å². The maximum Gasteiger partial charge on any atom is 0.0469 e. The Morgan fingerprint density at radius 1 is 1.17 bits per heavy atom. The molecular formula is C10H22Si2. The van der Waals surface area contributed by atoms with Crippen LogP contribution in [0.3, 0.4) is 0 Å². The fourth-order valence-electron chi connectivity index (χ4n) is 2.03. The molecule has 0 atom stereocenters. The van der Waals surface area contributed by atoms with Crippen LogP contribution in [-0.4, -0.2) is 19.0 Å². The maximum atomic E-state index is 3.98. The third-order valence-corrected chi connectivity index (χ3v) is 7.62. The van der Waals surface area contributed by atoms with Gasteiger partial charge in [0.25, 0.3) is 0 Å². The molecule has 0 nitrogen and oxygen atoms in total. The van der Waals surface area contributed by atoms with Gasteiger partial charge in [-0.25, -0.2) is 0 Å². The van der Waals surface area contributed by atoms with Crippen molar-refractivity contribution in [1.82, 2.24) is 0 Å². The van der Waals surface area contributed by atoms with E-state index in [1.165, 1.54) is 10.2 Å². The third-order valence-electron chi connectivity index (χ3n) is 2.93. The summed E-state index contributed by atoms with van der Waals surface area (Å²) >= 11 is 0. The van der Waals surface area contributed by atoms with Gasteiger partial charge >= 0.3 is 0 Å². The van der Waals surface area contributed by atoms with Gasteiger partial charge in [-0.3, -0.25) is 0 Å². The van der Waals surface area contributed by atoms with Crippen molar-refractivity contribution in [3.63, 3.8) is 0 Å². The molecule has 0 aliphatic heterocycles. The number of rotatable bonds is 4. The van der Waals surface area contributed by atoms with Crippen molar-refractivity contribution >= 4 is 19.0 Å². The SMILES string of the molecule is C=CC(C=C)([SiH](C)C)C(C)(C)[SiH3]. The van der Waals surface area contributed by atoms with Crippen LogP contribution >= 0.6 is 0 Å². The quantitative estimate of drug-likeness (QED) is 0.480. The summed E-state index contributed by atoms with van der Waals surface area (Å²) in [6.07, 6.45) is 4.26. The van der Waals surface area contributed by atoms with E-state index in [0.717, 1.165) is 0 Å². The fraction of sp³-hybridized carbons (Fsp3) is 0.600. The van der Waals surface area contributed by atoms with Crippen LogP contribution in [0.1, 0.15) is 13.8 Å². The van der Waals surface area contributed by atoms with Gasteiger partial charge in [0.05, 0.1) is 0 Å². The van der Waals surface area contributed by atoms with Crippen molar-refractivity contribution in [3.8, 4) is 0 Å². The second-order valence-corrected chi connectivity index (χ2v) is 10.5. The maximum absolute atomic E-state index is 3.98. The molecule has 0 bridgehead atoms. The monoisotopic (exact) mass is 198 g/mol. The van der Waals surface area contributed by atoms with E-state index in [1.54, 1.807) is 0 Å². The minimum Gasteiger partial charge on any atom is -0.103 e. The third kappa shape index (κ3) is 1.80. The first-order valence-corrected chi connectivity index (χ1v) is 8.47. The Balaban J connectivity index is 5.10. The largest absolute Gasteiger partial charge is 0.103 e. The molecule has 0 saturated heterocycles. The Morgan fingerprint density at radius 2 is 1.50 bits per heavy atom. The van der Waals surface area contributed by atoms with Crippen molar-refractivity contribution in [2.45, 2.75) is 37.0 Å². The molecule has 0 aliphatic carbocycles. The molecule has 0 aliphatic rings. The molecule has 0 radical (unpaired) electrons. The van der Waals surface area contributed by atoms with E-state index >= 15 is 0 Å². The predicted octanol–water partition coefficient (Wildman–Crippen LogP) is 2.15. The lowest BCUT2D eigenvalue weighted by molar-refractivity contribution is 0.586. The molecule has 70 valence electrons. The van der Waals surface area contributed by atoms with Crippen molar-refractivity contribution in [1.29, 1.82) is 0 Å². The Kier molecular flexibility index (Phi) is 3.72. The normalized spacial score (nSPS) is 13.4. The van der Waals surface area contributed by atoms with E-state index in [9.17, 15) is 0 Å². The lowest BCUT2D eigenvalue weighted by Gasteiger charge is -2.43. The van der Waals surface area contributed by atoms with E-state index in [2.05, 4.69) is 52.3 Å². The second-order valence-electron chi connectivity index (χ2n) is 4.75. The van der Waals surface area contributed by atoms with Gasteiger partial charge in [-0.15, -0.1) is 13.2 Å². The zero-order valence-electron chi connectivity index (χ0n) is 9.15. The van der Waals surface area contributed by atoms with Gasteiger partial charge in [-0.05, 0) is 10.1 Å². The summed E-state index contributed by atoms with van der Waals surface area (Å²) in [7, 11) is 0.447. The van der Waals surface area contributed by atoms with Gasteiger partial charge in [-0.2, -0.15) is 0 Å². The van der Waals surface area contributed by atoms with Gasteiger partial charge in [-0.1, -0.05) is 39.1 Å². The molecule has 0 heterocycles. The van der Waals surface area contributed by atoms with E-state index in [1.807, 2.05) is 0 Å². The molecule has 0 aromatic rings. The van der Waals surface area contributed by atoms with Gasteiger partial charge in [0.15, 0.2) is 0 Å². The van der Waals surface area contributed by atoms with Gasteiger partial charge < -0.3 is 0 Å². The van der Waals surface area contributed by atoms with Crippen LogP contribution in [0.5, 0.6) is 0 Å². The minimum atomic E-state index is -0.748. The molecule has 0 N–H and O–H groups in total. The van der Waals surface area contributed by atoms with E-state index < -0.39 is 8.80 Å². The Hall–Kier alpha value is -0.0862. The summed E-state index contributed by atoms with van der Waals surface area (Å²) in [5.74, 6) is 0. The van der Waals surface area contributed by atoms with E-state index in [-0.39, 0.29) is 5.04 Å². The highest BCUT2D eigenvalue weighted by Gasteiger charge is 2.39. The molecule has 0 aromatic carbocycles. The number of allylic oxidation sites excluding steroid dienone is 2. The van der Waals surface area contributed by atoms with E-state index in [0.29, 0.717) is 5.04 Å². The highest BCUT2D eigenvalue weighted by atomic mass is 28.3. The first-order valence-electron chi connectivity index (χ1n) is 4.59. The van der Waals surface area contributed by atoms with Gasteiger partial charge in [0.1, 0.15) is 0 Å². The second kappa shape index (κ2) is 3.75. The number of hydrogen-bond acceptors (Lipinski definition) is 0. The summed E-state index contributed by atoms with van der Waals surface area (Å²) in [6.45, 7) is 17.4. The zero-order valence-corrected chi connectivity index (χ0v) is 12.3. The van der Waals surface area contributed by atoms with Gasteiger partial charge in [0.2, 0.25) is 0 Å². The predicted molar refractivity (Wildman–Crippen MR) is 65.9 cm³/mol. The zero-order chi connectivity index (χ0) is 9.99. The van der Waals surface area contributed by atoms with Crippen LogP contribution in [0.15, 0.2) is 25.3 Å². The standard InChI is InChI=1S/C10H22Si2/c1-7-10(8-2,12(5)6)9(3,4)11/h7-8,12H,1-2H2,3-6,11H3. The molecular weight excluding hydrogens is 176 g/mol. The molecule has 12 heavy (non-hydrogen) atoms. The van der Waals surface area contributed by atoms with Crippen LogP contribution < -0.4 is 0 Å². The molecule has 0 fully saturated rings. The van der Waals surface area contributed by atoms with Crippen molar-refractivity contribution in [2.24, 2.45) is 0 Å². The van der Waals surface area contributed by atoms with Crippen LogP contribution in [0.2, 0.25) is 23.2 Å². The lowest BCUT2D eigenvalue weighted by atomic mass is 9.93. The van der Waals surface area contributed by atoms with Crippen LogP contribution in [-0.2, 0) is 0 Å². The molecule has 2 heteroatoms. The minimum absolute atomic E-state index is 0.249. The molecule has 0 rings (SSSR count). The van der Waals surface area contributed by atoms with Crippen molar-refractivity contribution in [3.05, 3.63) is 25.3 Å². The summed E-state index contributed by atoms with van der Waals surface area (Å²) in [4.78, 5) is 0. The first kappa shape index (κ1) is 11.9. The van der Waals surface area contributed by atoms with Crippen LogP contribution in [0.25, 0.3) is 0 Å². The average Bonchev–Trinajstić information content (AvgIpc) is 1.87. The summed E-state index contributed by atoms with van der Waals surface area (Å²) in [6, 6.07) is 0. The molecule has 0 spiro atoms. The Labute approximate surface area is 81.8 Å². The Morgan fingerprint density at radius 3 is 1.50 bits per heavy atom. The fourth-order valence-corrected chi connectivity index (χ4v) is 6.85. The highest BCUT2D eigenvalue weighted by molar-refractivity contribution is 6.62. The van der Waals surface area contributed by atoms with Crippen molar-refractivity contribution < 1.29 is 0 Å². The topological polar surface area (TPSA) is 0 Å². The molecule has 0 unspecified atom stereocenters. The molecule has 0 aromatic heterocycles. The molecule has 0 saturated carbocycles. The number of hydrogen-bond donors (Lipinski definition) is 0. The average molecular weight is 198 g/mol. The molecule has 0 amide bonds. The summed E-state index contributed by atoms with van der Waals surface area (Å²) < 4.78 is 0. The summed E-state index contributed by atoms with van der Waals surface area (Å²) in [5, 5.41) is 0.649. The van der Waals surface area contributed by atoms with Crippen LogP contribution in [0.4, 0.5) is 0 Å². The summed E-state index contributed by atoms with van der Waals surface area (Å²) in [5.41, 5.74) is 0. The van der Waals surface area contributed by atoms with Gasteiger partial charge in [0, 0.05) is 19.0 Å². The van der Waals surface area contributed by atoms with E-state index in [4.69, 9.17) is 0 Å². The first-order chi connectivity index (χ1) is 5.31. The highest BCUT2D eigenvalue weighted by Crippen LogP contribution is 2.53. The lowest BCUT2D eigenvalue weighted by Crippen LogP contribution is -2.33. The smallest absolute Gasteiger partial charge is 0.0469 e.